The molecule has 0 fully saturated rings. The summed E-state index contributed by atoms with van der Waals surface area (Å²) < 4.78 is 0. The largest absolute Gasteiger partial charge is 0.389 e. The number of nitrogens with two attached hydrogens (primary N) is 1. The van der Waals surface area contributed by atoms with Crippen LogP contribution in [0, 0.1) is 0 Å². The lowest BCUT2D eigenvalue weighted by atomic mass is 10.0. The Labute approximate surface area is 92.3 Å². The fraction of sp³-hybridized carbons (Fsp3) is 0.300. The van der Waals surface area contributed by atoms with Gasteiger partial charge in [0.1, 0.15) is 6.10 Å². The number of hydrogen-bond acceptors (Lipinski definition) is 4. The van der Waals surface area contributed by atoms with Gasteiger partial charge in [-0.1, -0.05) is 17.7 Å². The summed E-state index contributed by atoms with van der Waals surface area (Å²) in [6.45, 7) is -0.0474. The first-order valence-electron chi connectivity index (χ1n) is 4.41. The van der Waals surface area contributed by atoms with Crippen molar-refractivity contribution in [2.45, 2.75) is 12.2 Å². The highest BCUT2D eigenvalue weighted by molar-refractivity contribution is 6.33. The van der Waals surface area contributed by atoms with Crippen LogP contribution in [0.4, 0.5) is 0 Å². The van der Waals surface area contributed by atoms with Gasteiger partial charge in [-0.2, -0.15) is 0 Å². The maximum Gasteiger partial charge on any atom is 0.151 e. The van der Waals surface area contributed by atoms with Crippen molar-refractivity contribution in [2.24, 2.45) is 5.73 Å². The lowest BCUT2D eigenvalue weighted by Crippen LogP contribution is -2.27. The van der Waals surface area contributed by atoms with Gasteiger partial charge < -0.3 is 15.9 Å². The molecule has 0 saturated heterocycles. The first-order chi connectivity index (χ1) is 7.10. The highest BCUT2D eigenvalue weighted by Crippen LogP contribution is 2.22. The third kappa shape index (κ3) is 2.76. The zero-order valence-corrected chi connectivity index (χ0v) is 8.69. The standard InChI is InChI=1S/C10H12ClNO3/c11-8-3-6(1-2-7(8)5-13)10(15)9(14)4-12/h1-3,5,9-10,14-15H,4,12H2. The van der Waals surface area contributed by atoms with Crippen molar-refractivity contribution in [3.8, 4) is 0 Å². The summed E-state index contributed by atoms with van der Waals surface area (Å²) in [6.07, 6.45) is -1.51. The molecule has 0 radical (unpaired) electrons. The number of aliphatic hydroxyl groups is 2. The SMILES string of the molecule is NCC(O)C(O)c1ccc(C=O)c(Cl)c1. The Morgan fingerprint density at radius 3 is 2.60 bits per heavy atom. The number of aliphatic hydroxyl groups excluding tert-OH is 2. The molecule has 15 heavy (non-hydrogen) atoms. The molecule has 1 aromatic carbocycles. The Hall–Kier alpha value is -0.940. The third-order valence-electron chi connectivity index (χ3n) is 2.10. The molecule has 0 amide bonds. The molecular weight excluding hydrogens is 218 g/mol. The van der Waals surface area contributed by atoms with Crippen LogP contribution in [0.5, 0.6) is 0 Å². The van der Waals surface area contributed by atoms with E-state index in [1.807, 2.05) is 0 Å². The minimum absolute atomic E-state index is 0.0474. The van der Waals surface area contributed by atoms with E-state index >= 15 is 0 Å². The van der Waals surface area contributed by atoms with Crippen LogP contribution in [0.2, 0.25) is 5.02 Å². The van der Waals surface area contributed by atoms with E-state index in [0.29, 0.717) is 17.4 Å². The van der Waals surface area contributed by atoms with Gasteiger partial charge in [0.05, 0.1) is 11.1 Å². The van der Waals surface area contributed by atoms with Gasteiger partial charge in [-0.3, -0.25) is 4.79 Å². The molecule has 2 atom stereocenters. The van der Waals surface area contributed by atoms with Crippen LogP contribution in [-0.4, -0.2) is 29.1 Å². The zero-order chi connectivity index (χ0) is 11.4. The summed E-state index contributed by atoms with van der Waals surface area (Å²) in [7, 11) is 0. The number of carbonyl (C=O) groups is 1. The van der Waals surface area contributed by atoms with Crippen molar-refractivity contribution in [1.82, 2.24) is 0 Å². The van der Waals surface area contributed by atoms with Crippen molar-refractivity contribution in [2.75, 3.05) is 6.54 Å². The lowest BCUT2D eigenvalue weighted by Gasteiger charge is -2.16. The number of benzene rings is 1. The van der Waals surface area contributed by atoms with Crippen molar-refractivity contribution >= 4 is 17.9 Å². The maximum atomic E-state index is 10.5. The molecule has 0 saturated carbocycles. The molecule has 4 N–H and O–H groups in total. The Morgan fingerprint density at radius 1 is 1.47 bits per heavy atom. The number of rotatable bonds is 4. The molecule has 2 unspecified atom stereocenters. The Bertz CT molecular complexity index is 357. The quantitative estimate of drug-likeness (QED) is 0.657. The molecule has 5 heteroatoms. The molecule has 0 aliphatic rings. The first-order valence-corrected chi connectivity index (χ1v) is 4.78. The normalized spacial score (nSPS) is 14.7. The summed E-state index contributed by atoms with van der Waals surface area (Å²) >= 11 is 5.77. The van der Waals surface area contributed by atoms with Crippen LogP contribution < -0.4 is 5.73 Å². The smallest absolute Gasteiger partial charge is 0.151 e. The average Bonchev–Trinajstić information content (AvgIpc) is 2.26. The molecule has 82 valence electrons. The minimum Gasteiger partial charge on any atom is -0.389 e. The topological polar surface area (TPSA) is 83.6 Å². The Morgan fingerprint density at radius 2 is 2.13 bits per heavy atom. The van der Waals surface area contributed by atoms with E-state index in [9.17, 15) is 15.0 Å². The van der Waals surface area contributed by atoms with E-state index < -0.39 is 12.2 Å². The second-order valence-electron chi connectivity index (χ2n) is 3.15. The Balaban J connectivity index is 2.96. The van der Waals surface area contributed by atoms with Gasteiger partial charge >= 0.3 is 0 Å². The lowest BCUT2D eigenvalue weighted by molar-refractivity contribution is 0.0243. The van der Waals surface area contributed by atoms with Crippen LogP contribution >= 0.6 is 11.6 Å². The van der Waals surface area contributed by atoms with E-state index in [1.165, 1.54) is 18.2 Å². The van der Waals surface area contributed by atoms with Crippen molar-refractivity contribution in [1.29, 1.82) is 0 Å². The summed E-state index contributed by atoms with van der Waals surface area (Å²) in [5, 5.41) is 19.2. The van der Waals surface area contributed by atoms with E-state index in [2.05, 4.69) is 0 Å². The minimum atomic E-state index is -1.09. The third-order valence-corrected chi connectivity index (χ3v) is 2.43. The van der Waals surface area contributed by atoms with Gasteiger partial charge in [-0.25, -0.2) is 0 Å². The predicted octanol–water partition coefficient (Wildman–Crippen LogP) is 0.506. The summed E-state index contributed by atoms with van der Waals surface area (Å²) in [5.41, 5.74) is 5.98. The molecule has 1 aromatic rings. The number of aldehydes is 1. The predicted molar refractivity (Wildman–Crippen MR) is 56.9 cm³/mol. The fourth-order valence-corrected chi connectivity index (χ4v) is 1.41. The molecule has 0 heterocycles. The molecule has 0 spiro atoms. The first kappa shape index (κ1) is 12.1. The summed E-state index contributed by atoms with van der Waals surface area (Å²) in [6, 6.07) is 4.45. The van der Waals surface area contributed by atoms with Gasteiger partial charge in [0.15, 0.2) is 6.29 Å². The number of carbonyl (C=O) groups excluding carboxylic acids is 1. The summed E-state index contributed by atoms with van der Waals surface area (Å²) in [4.78, 5) is 10.5. The molecule has 4 nitrogen and oxygen atoms in total. The Kier molecular flexibility index (Phi) is 4.23. The molecule has 0 aromatic heterocycles. The molecule has 1 rings (SSSR count). The highest BCUT2D eigenvalue weighted by Gasteiger charge is 2.17. The second-order valence-corrected chi connectivity index (χ2v) is 3.55. The van der Waals surface area contributed by atoms with Crippen LogP contribution in [0.1, 0.15) is 22.0 Å². The van der Waals surface area contributed by atoms with Crippen molar-refractivity contribution in [3.05, 3.63) is 34.3 Å². The van der Waals surface area contributed by atoms with Crippen LogP contribution in [0.25, 0.3) is 0 Å². The second kappa shape index (κ2) is 5.23. The van der Waals surface area contributed by atoms with E-state index in [4.69, 9.17) is 17.3 Å². The van der Waals surface area contributed by atoms with Gasteiger partial charge in [-0.05, 0) is 17.7 Å². The van der Waals surface area contributed by atoms with Gasteiger partial charge in [-0.15, -0.1) is 0 Å². The monoisotopic (exact) mass is 229 g/mol. The molecular formula is C10H12ClNO3. The molecule has 0 bridgehead atoms. The molecule has 0 aliphatic carbocycles. The van der Waals surface area contributed by atoms with Gasteiger partial charge in [0.25, 0.3) is 0 Å². The van der Waals surface area contributed by atoms with E-state index in [0.717, 1.165) is 0 Å². The van der Waals surface area contributed by atoms with Crippen LogP contribution in [0.3, 0.4) is 0 Å². The zero-order valence-electron chi connectivity index (χ0n) is 7.93. The average molecular weight is 230 g/mol. The highest BCUT2D eigenvalue weighted by atomic mass is 35.5. The number of halogens is 1. The van der Waals surface area contributed by atoms with Crippen LogP contribution in [0.15, 0.2) is 18.2 Å². The van der Waals surface area contributed by atoms with E-state index in [1.54, 1.807) is 0 Å². The number of hydrogen-bond donors (Lipinski definition) is 3. The maximum absolute atomic E-state index is 10.5. The summed E-state index contributed by atoms with van der Waals surface area (Å²) in [5.74, 6) is 0. The van der Waals surface area contributed by atoms with E-state index in [-0.39, 0.29) is 11.6 Å². The van der Waals surface area contributed by atoms with Crippen LogP contribution in [-0.2, 0) is 0 Å². The fourth-order valence-electron chi connectivity index (χ4n) is 1.17. The van der Waals surface area contributed by atoms with Gasteiger partial charge in [0, 0.05) is 12.1 Å². The molecule has 0 aliphatic heterocycles. The van der Waals surface area contributed by atoms with Crippen molar-refractivity contribution in [3.63, 3.8) is 0 Å². The van der Waals surface area contributed by atoms with Gasteiger partial charge in [0.2, 0.25) is 0 Å². The van der Waals surface area contributed by atoms with Crippen molar-refractivity contribution < 1.29 is 15.0 Å².